The number of aryl methyl sites for hydroxylation is 2. The molecule has 0 aromatic carbocycles. The molecule has 156 valence electrons. The molecular weight excluding hydrogens is 500 g/mol. The summed E-state index contributed by atoms with van der Waals surface area (Å²) in [4.78, 5) is 17.6. The molecule has 1 N–H and O–H groups in total. The van der Waals surface area contributed by atoms with Crippen LogP contribution in [0.15, 0.2) is 21.7 Å². The van der Waals surface area contributed by atoms with Gasteiger partial charge in [0.25, 0.3) is 0 Å². The van der Waals surface area contributed by atoms with Crippen LogP contribution in [-0.2, 0) is 16.9 Å². The molecule has 0 saturated heterocycles. The molecule has 29 heavy (non-hydrogen) atoms. The number of amides is 1. The van der Waals surface area contributed by atoms with Crippen LogP contribution in [0, 0.1) is 24.2 Å². The van der Waals surface area contributed by atoms with Gasteiger partial charge in [0.05, 0.1) is 21.1 Å². The zero-order valence-electron chi connectivity index (χ0n) is 16.6. The summed E-state index contributed by atoms with van der Waals surface area (Å²) >= 11 is 6.89. The van der Waals surface area contributed by atoms with E-state index in [2.05, 4.69) is 57.0 Å². The molecule has 2 atom stereocenters. The molecule has 4 bridgehead atoms. The van der Waals surface area contributed by atoms with Crippen molar-refractivity contribution in [3.8, 4) is 0 Å². The van der Waals surface area contributed by atoms with Crippen LogP contribution in [0.5, 0.6) is 0 Å². The van der Waals surface area contributed by atoms with Crippen molar-refractivity contribution in [2.75, 3.05) is 6.54 Å². The molecule has 4 saturated carbocycles. The van der Waals surface area contributed by atoms with Crippen molar-refractivity contribution in [2.45, 2.75) is 64.0 Å². The van der Waals surface area contributed by atoms with Crippen LogP contribution in [-0.4, -0.2) is 37.0 Å². The van der Waals surface area contributed by atoms with Gasteiger partial charge in [-0.1, -0.05) is 0 Å². The first-order valence-corrected chi connectivity index (χ1v) is 12.0. The normalized spacial score (nSPS) is 32.7. The highest BCUT2D eigenvalue weighted by molar-refractivity contribution is 9.10. The van der Waals surface area contributed by atoms with Gasteiger partial charge in [0.15, 0.2) is 0 Å². The van der Waals surface area contributed by atoms with Gasteiger partial charge in [-0.25, -0.2) is 9.67 Å². The Bertz CT molecular complexity index is 904. The van der Waals surface area contributed by atoms with Crippen LogP contribution in [0.4, 0.5) is 0 Å². The number of hydrogen-bond donors (Lipinski definition) is 1. The first-order chi connectivity index (χ1) is 13.9. The van der Waals surface area contributed by atoms with Crippen molar-refractivity contribution in [2.24, 2.45) is 17.3 Å². The minimum Gasteiger partial charge on any atom is -0.356 e. The second-order valence-electron chi connectivity index (χ2n) is 9.36. The molecule has 9 heteroatoms. The largest absolute Gasteiger partial charge is 0.356 e. The van der Waals surface area contributed by atoms with E-state index < -0.39 is 0 Å². The standard InChI is InChI=1S/C20H26Br2N6O/c1-13-16(21)10-27(25-13)4-2-3-23-17(29)19-6-14-5-15(7-19)9-20(8-14,11-19)28-12-24-18(22)26-28/h10,12,14-15H,2-9,11H2,1H3,(H,23,29). The molecule has 2 aromatic rings. The summed E-state index contributed by atoms with van der Waals surface area (Å²) in [5, 5.41) is 12.3. The van der Waals surface area contributed by atoms with Gasteiger partial charge >= 0.3 is 0 Å². The lowest BCUT2D eigenvalue weighted by molar-refractivity contribution is -0.156. The molecule has 0 radical (unpaired) electrons. The third kappa shape index (κ3) is 3.48. The first-order valence-electron chi connectivity index (χ1n) is 10.4. The maximum Gasteiger partial charge on any atom is 0.226 e. The molecule has 0 spiro atoms. The van der Waals surface area contributed by atoms with Crippen LogP contribution in [0.3, 0.4) is 0 Å². The Morgan fingerprint density at radius 3 is 2.62 bits per heavy atom. The number of carbonyl (C=O) groups is 1. The maximum atomic E-state index is 13.3. The van der Waals surface area contributed by atoms with E-state index in [9.17, 15) is 4.79 Å². The lowest BCUT2D eigenvalue weighted by Crippen LogP contribution is -2.61. The Morgan fingerprint density at radius 2 is 2.00 bits per heavy atom. The first kappa shape index (κ1) is 19.7. The summed E-state index contributed by atoms with van der Waals surface area (Å²) < 4.78 is 5.65. The molecule has 4 aliphatic rings. The van der Waals surface area contributed by atoms with E-state index in [1.54, 1.807) is 0 Å². The highest BCUT2D eigenvalue weighted by atomic mass is 79.9. The van der Waals surface area contributed by atoms with Gasteiger partial charge in [0.2, 0.25) is 10.6 Å². The zero-order valence-corrected chi connectivity index (χ0v) is 19.7. The second kappa shape index (κ2) is 7.18. The topological polar surface area (TPSA) is 77.6 Å². The quantitative estimate of drug-likeness (QED) is 0.582. The highest BCUT2D eigenvalue weighted by Crippen LogP contribution is 2.64. The Kier molecular flexibility index (Phi) is 4.89. The van der Waals surface area contributed by atoms with E-state index in [4.69, 9.17) is 0 Å². The van der Waals surface area contributed by atoms with Gasteiger partial charge in [-0.2, -0.15) is 5.10 Å². The summed E-state index contributed by atoms with van der Waals surface area (Å²) in [5.41, 5.74) is 0.709. The van der Waals surface area contributed by atoms with E-state index in [1.165, 1.54) is 6.42 Å². The van der Waals surface area contributed by atoms with Crippen molar-refractivity contribution < 1.29 is 4.79 Å². The SMILES string of the molecule is Cc1nn(CCCNC(=O)C23CC4CC(C2)CC(n2cnc(Br)n2)(C4)C3)cc1Br. The van der Waals surface area contributed by atoms with Crippen LogP contribution in [0.25, 0.3) is 0 Å². The summed E-state index contributed by atoms with van der Waals surface area (Å²) in [6, 6.07) is 0. The molecular formula is C20H26Br2N6O. The molecule has 4 fully saturated rings. The number of nitrogens with one attached hydrogen (secondary N) is 1. The fraction of sp³-hybridized carbons (Fsp3) is 0.700. The number of carbonyl (C=O) groups excluding carboxylic acids is 1. The van der Waals surface area contributed by atoms with Gasteiger partial charge in [0.1, 0.15) is 6.33 Å². The summed E-state index contributed by atoms with van der Waals surface area (Å²) in [6.07, 6.45) is 11.2. The zero-order chi connectivity index (χ0) is 20.2. The average molecular weight is 526 g/mol. The molecule has 1 amide bonds. The maximum absolute atomic E-state index is 13.3. The van der Waals surface area contributed by atoms with Crippen molar-refractivity contribution >= 4 is 37.8 Å². The number of rotatable bonds is 6. The molecule has 6 rings (SSSR count). The summed E-state index contributed by atoms with van der Waals surface area (Å²) in [7, 11) is 0. The third-order valence-electron chi connectivity index (χ3n) is 7.20. The van der Waals surface area contributed by atoms with Gasteiger partial charge in [-0.3, -0.25) is 9.48 Å². The highest BCUT2D eigenvalue weighted by Gasteiger charge is 2.61. The van der Waals surface area contributed by atoms with Crippen molar-refractivity contribution in [3.63, 3.8) is 0 Å². The number of halogens is 2. The van der Waals surface area contributed by atoms with E-state index >= 15 is 0 Å². The van der Waals surface area contributed by atoms with E-state index in [0.29, 0.717) is 23.1 Å². The predicted molar refractivity (Wildman–Crippen MR) is 115 cm³/mol. The van der Waals surface area contributed by atoms with Gasteiger partial charge in [-0.15, -0.1) is 5.10 Å². The summed E-state index contributed by atoms with van der Waals surface area (Å²) in [5.74, 6) is 1.48. The average Bonchev–Trinajstić information content (AvgIpc) is 3.23. The van der Waals surface area contributed by atoms with Crippen LogP contribution < -0.4 is 5.32 Å². The van der Waals surface area contributed by atoms with Crippen LogP contribution in [0.1, 0.15) is 50.6 Å². The lowest BCUT2D eigenvalue weighted by Gasteiger charge is -2.60. The fourth-order valence-electron chi connectivity index (χ4n) is 6.46. The minimum absolute atomic E-state index is 0.0424. The summed E-state index contributed by atoms with van der Waals surface area (Å²) in [6.45, 7) is 3.48. The molecule has 7 nitrogen and oxygen atoms in total. The van der Waals surface area contributed by atoms with Gasteiger partial charge in [-0.05, 0) is 95.6 Å². The van der Waals surface area contributed by atoms with Crippen molar-refractivity contribution in [1.82, 2.24) is 29.9 Å². The molecule has 2 heterocycles. The van der Waals surface area contributed by atoms with Crippen molar-refractivity contribution in [1.29, 1.82) is 0 Å². The van der Waals surface area contributed by atoms with Gasteiger partial charge in [0, 0.05) is 19.3 Å². The monoisotopic (exact) mass is 524 g/mol. The predicted octanol–water partition coefficient (Wildman–Crippen LogP) is 3.81. The third-order valence-corrected chi connectivity index (χ3v) is 8.34. The second-order valence-corrected chi connectivity index (χ2v) is 10.9. The minimum atomic E-state index is -0.242. The lowest BCUT2D eigenvalue weighted by atomic mass is 9.46. The van der Waals surface area contributed by atoms with E-state index in [1.807, 2.05) is 24.1 Å². The van der Waals surface area contributed by atoms with Crippen molar-refractivity contribution in [3.05, 3.63) is 27.4 Å². The molecule has 2 aromatic heterocycles. The number of nitrogens with zero attached hydrogens (tertiary/aromatic N) is 5. The Labute approximate surface area is 187 Å². The molecule has 0 aliphatic heterocycles. The Hall–Kier alpha value is -1.22. The fourth-order valence-corrected chi connectivity index (χ4v) is 7.04. The van der Waals surface area contributed by atoms with Crippen LogP contribution in [0.2, 0.25) is 0 Å². The van der Waals surface area contributed by atoms with E-state index in [0.717, 1.165) is 55.2 Å². The van der Waals surface area contributed by atoms with Gasteiger partial charge < -0.3 is 5.32 Å². The molecule has 4 aliphatic carbocycles. The Morgan fingerprint density at radius 1 is 1.24 bits per heavy atom. The Balaban J connectivity index is 1.25. The number of aromatic nitrogens is 5. The van der Waals surface area contributed by atoms with E-state index in [-0.39, 0.29) is 16.9 Å². The van der Waals surface area contributed by atoms with Crippen LogP contribution >= 0.6 is 31.9 Å². The smallest absolute Gasteiger partial charge is 0.226 e. The molecule has 2 unspecified atom stereocenters. The number of hydrogen-bond acceptors (Lipinski definition) is 4.